The molecule has 0 bridgehead atoms. The first kappa shape index (κ1) is 14.9. The lowest BCUT2D eigenvalue weighted by Gasteiger charge is -2.08. The Morgan fingerprint density at radius 2 is 2.06 bits per heavy atom. The molecule has 1 aromatic heterocycles. The summed E-state index contributed by atoms with van der Waals surface area (Å²) in [6, 6.07) is 3.75. The van der Waals surface area contributed by atoms with E-state index in [9.17, 15) is 0 Å². The zero-order chi connectivity index (χ0) is 13.2. The highest BCUT2D eigenvalue weighted by atomic mass is 16.5. The van der Waals surface area contributed by atoms with Crippen molar-refractivity contribution >= 4 is 0 Å². The Kier molecular flexibility index (Phi) is 7.29. The summed E-state index contributed by atoms with van der Waals surface area (Å²) >= 11 is 0. The van der Waals surface area contributed by atoms with Gasteiger partial charge in [0.15, 0.2) is 0 Å². The monoisotopic (exact) mass is 253 g/mol. The van der Waals surface area contributed by atoms with Gasteiger partial charge < -0.3 is 14.8 Å². The molecule has 0 saturated carbocycles. The number of nitrogens with one attached hydrogen (secondary N) is 1. The van der Waals surface area contributed by atoms with Gasteiger partial charge in [0.25, 0.3) is 0 Å². The van der Waals surface area contributed by atoms with E-state index in [0.717, 1.165) is 25.4 Å². The maximum atomic E-state index is 5.43. The molecule has 1 rings (SSSR count). The fourth-order valence-electron chi connectivity index (χ4n) is 1.30. The van der Waals surface area contributed by atoms with Crippen molar-refractivity contribution in [3.8, 4) is 5.88 Å². The molecular weight excluding hydrogens is 230 g/mol. The second-order valence-electron chi connectivity index (χ2n) is 4.46. The molecule has 1 N–H and O–H groups in total. The van der Waals surface area contributed by atoms with Crippen LogP contribution in [0.3, 0.4) is 0 Å². The maximum absolute atomic E-state index is 5.43. The Balaban J connectivity index is 2.18. The molecule has 0 saturated heterocycles. The van der Waals surface area contributed by atoms with Crippen molar-refractivity contribution in [2.45, 2.75) is 27.3 Å². The van der Waals surface area contributed by atoms with E-state index in [0.29, 0.717) is 25.0 Å². The minimum absolute atomic E-state index is 0.508. The summed E-state index contributed by atoms with van der Waals surface area (Å²) < 4.78 is 10.8. The molecule has 5 heteroatoms. The van der Waals surface area contributed by atoms with Gasteiger partial charge in [0.2, 0.25) is 5.88 Å². The van der Waals surface area contributed by atoms with Crippen LogP contribution in [0.2, 0.25) is 0 Å². The Bertz CT molecular complexity index is 315. The number of hydrogen-bond donors (Lipinski definition) is 1. The fraction of sp³-hybridized carbons (Fsp3) is 0.692. The van der Waals surface area contributed by atoms with Crippen molar-refractivity contribution in [2.75, 3.05) is 26.4 Å². The summed E-state index contributed by atoms with van der Waals surface area (Å²) in [5.74, 6) is 1.10. The Labute approximate surface area is 109 Å². The molecule has 0 unspecified atom stereocenters. The van der Waals surface area contributed by atoms with Gasteiger partial charge in [-0.2, -0.15) is 5.10 Å². The first-order valence-corrected chi connectivity index (χ1v) is 6.46. The van der Waals surface area contributed by atoms with Gasteiger partial charge in [-0.15, -0.1) is 5.10 Å². The Morgan fingerprint density at radius 1 is 1.22 bits per heavy atom. The minimum atomic E-state index is 0.508. The van der Waals surface area contributed by atoms with Crippen LogP contribution < -0.4 is 10.1 Å². The van der Waals surface area contributed by atoms with Gasteiger partial charge >= 0.3 is 0 Å². The number of ether oxygens (including phenoxy) is 2. The van der Waals surface area contributed by atoms with E-state index >= 15 is 0 Å². The van der Waals surface area contributed by atoms with Crippen molar-refractivity contribution in [1.29, 1.82) is 0 Å². The van der Waals surface area contributed by atoms with Gasteiger partial charge in [-0.05, 0) is 18.5 Å². The minimum Gasteiger partial charge on any atom is -0.474 e. The van der Waals surface area contributed by atoms with Crippen molar-refractivity contribution in [2.24, 2.45) is 5.92 Å². The lowest BCUT2D eigenvalue weighted by atomic mass is 10.2. The summed E-state index contributed by atoms with van der Waals surface area (Å²) in [7, 11) is 0. The highest BCUT2D eigenvalue weighted by Crippen LogP contribution is 2.04. The lowest BCUT2D eigenvalue weighted by Crippen LogP contribution is -2.14. The molecule has 0 fully saturated rings. The van der Waals surface area contributed by atoms with Crippen LogP contribution in [-0.2, 0) is 11.3 Å². The molecule has 0 spiro atoms. The molecule has 0 atom stereocenters. The second-order valence-corrected chi connectivity index (χ2v) is 4.46. The van der Waals surface area contributed by atoms with Crippen molar-refractivity contribution in [3.63, 3.8) is 0 Å². The largest absolute Gasteiger partial charge is 0.474 e. The molecule has 102 valence electrons. The molecule has 1 aromatic rings. The van der Waals surface area contributed by atoms with Gasteiger partial charge in [0.1, 0.15) is 6.61 Å². The van der Waals surface area contributed by atoms with Crippen LogP contribution in [0.15, 0.2) is 12.1 Å². The quantitative estimate of drug-likeness (QED) is 0.678. The third-order valence-electron chi connectivity index (χ3n) is 2.18. The SMILES string of the molecule is CCNCc1ccc(OCCOCC(C)C)nn1. The molecule has 1 heterocycles. The van der Waals surface area contributed by atoms with Crippen LogP contribution in [0.5, 0.6) is 5.88 Å². The third-order valence-corrected chi connectivity index (χ3v) is 2.18. The maximum Gasteiger partial charge on any atom is 0.233 e. The van der Waals surface area contributed by atoms with Crippen molar-refractivity contribution in [1.82, 2.24) is 15.5 Å². The third kappa shape index (κ3) is 6.51. The molecule has 0 aromatic carbocycles. The van der Waals surface area contributed by atoms with Crippen LogP contribution in [-0.4, -0.2) is 36.6 Å². The van der Waals surface area contributed by atoms with Gasteiger partial charge in [-0.3, -0.25) is 0 Å². The highest BCUT2D eigenvalue weighted by Gasteiger charge is 1.99. The summed E-state index contributed by atoms with van der Waals surface area (Å²) in [6.07, 6.45) is 0. The summed E-state index contributed by atoms with van der Waals surface area (Å²) in [4.78, 5) is 0. The van der Waals surface area contributed by atoms with Crippen molar-refractivity contribution < 1.29 is 9.47 Å². The van der Waals surface area contributed by atoms with Gasteiger partial charge in [-0.25, -0.2) is 0 Å². The average Bonchev–Trinajstić information content (AvgIpc) is 2.37. The summed E-state index contributed by atoms with van der Waals surface area (Å²) in [5, 5.41) is 11.3. The van der Waals surface area contributed by atoms with Crippen LogP contribution >= 0.6 is 0 Å². The predicted octanol–water partition coefficient (Wildman–Crippen LogP) is 1.64. The predicted molar refractivity (Wildman–Crippen MR) is 70.6 cm³/mol. The number of rotatable bonds is 9. The Morgan fingerprint density at radius 3 is 2.67 bits per heavy atom. The molecule has 0 aliphatic carbocycles. The normalized spacial score (nSPS) is 10.9. The van der Waals surface area contributed by atoms with E-state index in [4.69, 9.17) is 9.47 Å². The molecule has 18 heavy (non-hydrogen) atoms. The van der Waals surface area contributed by atoms with E-state index in [1.165, 1.54) is 0 Å². The average molecular weight is 253 g/mol. The molecule has 0 radical (unpaired) electrons. The van der Waals surface area contributed by atoms with Gasteiger partial charge in [0.05, 0.1) is 12.3 Å². The lowest BCUT2D eigenvalue weighted by molar-refractivity contribution is 0.0803. The number of hydrogen-bond acceptors (Lipinski definition) is 5. The topological polar surface area (TPSA) is 56.3 Å². The van der Waals surface area contributed by atoms with Crippen LogP contribution in [0, 0.1) is 5.92 Å². The van der Waals surface area contributed by atoms with Gasteiger partial charge in [0, 0.05) is 19.2 Å². The van der Waals surface area contributed by atoms with E-state index in [1.807, 2.05) is 12.1 Å². The smallest absolute Gasteiger partial charge is 0.233 e. The van der Waals surface area contributed by atoms with Crippen LogP contribution in [0.25, 0.3) is 0 Å². The molecule has 0 amide bonds. The van der Waals surface area contributed by atoms with Gasteiger partial charge in [-0.1, -0.05) is 20.8 Å². The molecule has 0 aliphatic rings. The second kappa shape index (κ2) is 8.83. The number of nitrogens with zero attached hydrogens (tertiary/aromatic N) is 2. The van der Waals surface area contributed by atoms with Crippen LogP contribution in [0.1, 0.15) is 26.5 Å². The number of aromatic nitrogens is 2. The Hall–Kier alpha value is -1.20. The zero-order valence-corrected chi connectivity index (χ0v) is 11.5. The van der Waals surface area contributed by atoms with E-state index in [2.05, 4.69) is 36.3 Å². The van der Waals surface area contributed by atoms with E-state index in [-0.39, 0.29) is 0 Å². The zero-order valence-electron chi connectivity index (χ0n) is 11.5. The van der Waals surface area contributed by atoms with E-state index in [1.54, 1.807) is 0 Å². The summed E-state index contributed by atoms with van der Waals surface area (Å²) in [6.45, 7) is 9.81. The highest BCUT2D eigenvalue weighted by molar-refractivity contribution is 5.11. The molecule has 0 aliphatic heterocycles. The first-order valence-electron chi connectivity index (χ1n) is 6.46. The summed E-state index contributed by atoms with van der Waals surface area (Å²) in [5.41, 5.74) is 0.917. The standard InChI is InChI=1S/C13H23N3O2/c1-4-14-9-12-5-6-13(16-15-12)18-8-7-17-10-11(2)3/h5-6,11,14H,4,7-10H2,1-3H3. The molecular formula is C13H23N3O2. The van der Waals surface area contributed by atoms with Crippen LogP contribution in [0.4, 0.5) is 0 Å². The fourth-order valence-corrected chi connectivity index (χ4v) is 1.30. The van der Waals surface area contributed by atoms with E-state index < -0.39 is 0 Å². The first-order chi connectivity index (χ1) is 8.72. The molecule has 5 nitrogen and oxygen atoms in total. The van der Waals surface area contributed by atoms with Crippen molar-refractivity contribution in [3.05, 3.63) is 17.8 Å².